The molecule has 34 heteroatoms. The highest BCUT2D eigenvalue weighted by Gasteiger charge is 2.37. The lowest BCUT2D eigenvalue weighted by atomic mass is 10.0. The molecule has 0 spiro atoms. The van der Waals surface area contributed by atoms with Crippen molar-refractivity contribution in [1.82, 2.24) is 60.4 Å². The summed E-state index contributed by atoms with van der Waals surface area (Å²) in [6.45, 7) is 13.1. The van der Waals surface area contributed by atoms with Gasteiger partial charge in [-0.15, -0.1) is 0 Å². The molecule has 31 nitrogen and oxygen atoms in total. The third-order valence-electron chi connectivity index (χ3n) is 23.2. The average molecular weight is 1770 g/mol. The number of primary amides is 4. The van der Waals surface area contributed by atoms with Crippen molar-refractivity contribution >= 4 is 64.7 Å². The van der Waals surface area contributed by atoms with Crippen molar-refractivity contribution < 1.29 is 70.5 Å². The van der Waals surface area contributed by atoms with Crippen molar-refractivity contribution in [3.63, 3.8) is 0 Å². The molecule has 0 unspecified atom stereocenters. The number of aryl methyl sites for hydroxylation is 4. The summed E-state index contributed by atoms with van der Waals surface area (Å²) in [5.74, 6) is -3.13. The Bertz CT molecular complexity index is 5670. The molecule has 7 atom stereocenters. The summed E-state index contributed by atoms with van der Waals surface area (Å²) in [5, 5.41) is 29.7. The maximum atomic E-state index is 14.4. The van der Waals surface area contributed by atoms with E-state index >= 15 is 0 Å². The molecule has 4 aliphatic rings. The number of nitrogens with one attached hydrogen (secondary N) is 4. The molecule has 8 heterocycles. The van der Waals surface area contributed by atoms with E-state index in [1.54, 1.807) is 54.6 Å². The second-order valence-electron chi connectivity index (χ2n) is 32.0. The van der Waals surface area contributed by atoms with Crippen molar-refractivity contribution in [3.05, 3.63) is 289 Å². The number of carbonyl (C=O) groups excluding carboxylic acids is 8. The van der Waals surface area contributed by atoms with Crippen molar-refractivity contribution in [2.45, 2.75) is 129 Å². The Hall–Kier alpha value is -14.6. The minimum Gasteiger partial charge on any atom is -0.383 e. The van der Waals surface area contributed by atoms with Crippen LogP contribution in [0, 0.1) is 34.6 Å². The van der Waals surface area contributed by atoms with Gasteiger partial charge in [0.2, 0.25) is 0 Å². The molecule has 0 bridgehead atoms. The maximum Gasteiger partial charge on any atom is 0.254 e. The van der Waals surface area contributed by atoms with E-state index in [2.05, 4.69) is 36.6 Å². The van der Waals surface area contributed by atoms with Gasteiger partial charge in [0.1, 0.15) is 75.4 Å². The van der Waals surface area contributed by atoms with Gasteiger partial charge in [-0.25, -0.2) is 27.2 Å². The predicted octanol–water partition coefficient (Wildman–Crippen LogP) is 11.5. The predicted molar refractivity (Wildman–Crippen MR) is 485 cm³/mol. The van der Waals surface area contributed by atoms with E-state index < -0.39 is 60.3 Å². The minimum absolute atomic E-state index is 0.0432. The zero-order valence-corrected chi connectivity index (χ0v) is 72.5. The highest BCUT2D eigenvalue weighted by molar-refractivity contribution is 6.06. The first-order chi connectivity index (χ1) is 62.5. The zero-order chi connectivity index (χ0) is 92.6. The molecule has 0 saturated carbocycles. The van der Waals surface area contributed by atoms with Crippen LogP contribution in [0.2, 0.25) is 0 Å². The number of ether oxygens (including phenoxy) is 4. The van der Waals surface area contributed by atoms with Crippen LogP contribution in [0.3, 0.4) is 0 Å². The number of anilines is 3. The van der Waals surface area contributed by atoms with Gasteiger partial charge in [-0.3, -0.25) is 43.0 Å². The molecule has 16 rings (SSSR count). The summed E-state index contributed by atoms with van der Waals surface area (Å²) in [6.07, 6.45) is -1.81. The Balaban J connectivity index is 0.000000148. The number of alkyl halides is 3. The number of benzene rings is 8. The molecule has 4 aliphatic heterocycles. The summed E-state index contributed by atoms with van der Waals surface area (Å²) in [5.41, 5.74) is 56.1. The van der Waals surface area contributed by atoms with Crippen molar-refractivity contribution in [1.29, 1.82) is 0 Å². The molecular formula is C96H104F3N19O12. The number of nitrogens with two attached hydrogens (primary N) is 7. The fourth-order valence-corrected chi connectivity index (χ4v) is 16.0. The Kier molecular flexibility index (Phi) is 30.3. The lowest BCUT2D eigenvalue weighted by molar-refractivity contribution is 0.000591. The minimum atomic E-state index is -1.28. The SMILES string of the molecule is Cc1ccccc1C(=O)NCc1ccc(-c2nn([C@@H]3CCOC[C@@H]3F)c(N)c2C(N)=O)cc1.Cc1ccccc1C(=O)NCc1ccc(-c2nn([C@@H]3CCOC[C@H]3F)c(N)c2C(N)=O)cc1.Cc1ccccc1C(=O)NCc1ccc(-c2nn([C@H]3CCOC3)c(C)c2C(N)=O)cc1.Cc1ccccc1C(=O)NCc1ccc(-c2nn([C@H]3CCOC[C@@H]3F)c(N)c2C(N)=O)cc1. The van der Waals surface area contributed by atoms with Crippen LogP contribution in [0.1, 0.15) is 183 Å². The van der Waals surface area contributed by atoms with Crippen LogP contribution in [-0.4, -0.2) is 158 Å². The lowest BCUT2D eigenvalue weighted by Crippen LogP contribution is -2.32. The first-order valence-corrected chi connectivity index (χ1v) is 42.4. The fourth-order valence-electron chi connectivity index (χ4n) is 16.0. The van der Waals surface area contributed by atoms with E-state index in [4.69, 9.17) is 64.2 Å². The number of nitrogen functional groups attached to an aromatic ring is 3. The first-order valence-electron chi connectivity index (χ1n) is 42.4. The zero-order valence-electron chi connectivity index (χ0n) is 72.5. The van der Waals surface area contributed by atoms with Crippen molar-refractivity contribution in [2.24, 2.45) is 22.9 Å². The summed E-state index contributed by atoms with van der Waals surface area (Å²) in [4.78, 5) is 98.2. The quantitative estimate of drug-likeness (QED) is 0.0268. The van der Waals surface area contributed by atoms with Gasteiger partial charge in [0.25, 0.3) is 47.3 Å². The van der Waals surface area contributed by atoms with E-state index in [1.165, 1.54) is 14.0 Å². The average Bonchev–Trinajstić information content (AvgIpc) is 1.64. The molecule has 4 saturated heterocycles. The van der Waals surface area contributed by atoms with Crippen LogP contribution in [-0.2, 0) is 45.1 Å². The second kappa shape index (κ2) is 42.3. The van der Waals surface area contributed by atoms with Crippen LogP contribution >= 0.6 is 0 Å². The summed E-state index contributed by atoms with van der Waals surface area (Å²) < 4.78 is 70.1. The molecule has 18 N–H and O–H groups in total. The fraction of sp³-hybridized carbons (Fsp3) is 0.292. The number of halogens is 3. The van der Waals surface area contributed by atoms with Crippen LogP contribution in [0.5, 0.6) is 0 Å². The highest BCUT2D eigenvalue weighted by atomic mass is 19.1. The summed E-state index contributed by atoms with van der Waals surface area (Å²) in [7, 11) is 0. The van der Waals surface area contributed by atoms with Gasteiger partial charge in [0, 0.05) is 103 Å². The summed E-state index contributed by atoms with van der Waals surface area (Å²) in [6, 6.07) is 57.0. The number of aromatic nitrogens is 8. The second-order valence-corrected chi connectivity index (χ2v) is 32.0. The molecule has 8 amide bonds. The number of hydrogen-bond acceptors (Lipinski definition) is 19. The highest BCUT2D eigenvalue weighted by Crippen LogP contribution is 2.38. The smallest absolute Gasteiger partial charge is 0.254 e. The van der Waals surface area contributed by atoms with Gasteiger partial charge in [-0.1, -0.05) is 170 Å². The number of carbonyl (C=O) groups is 8. The molecule has 8 aromatic carbocycles. The molecule has 676 valence electrons. The monoisotopic (exact) mass is 1770 g/mol. The van der Waals surface area contributed by atoms with E-state index in [1.807, 2.05) is 179 Å². The molecule has 0 radical (unpaired) electrons. The standard InChI is InChI=1S/3C24H26FN5O3.C24H26N4O3/c3*1-14-4-2-3-5-17(14)24(32)28-12-15-6-8-16(9-7-15)21-20(23(27)31)22(26)30(29-21)19-10-11-33-13-18(19)25;1-15-5-3-4-6-20(15)24(30)26-13-17-7-9-18(10-8-17)22-21(23(25)29)16(2)28(27-22)19-11-12-31-14-19/h3*2-9,18-19H,10-13,26H2,1H3,(H2,27,31)(H,28,32);3-10,19H,11-14H2,1-2H3,(H2,25,29)(H,26,30)/t18-,19+;2*18-,19-;19-/m0100/s1. The normalized spacial score (nSPS) is 17.6. The van der Waals surface area contributed by atoms with Crippen molar-refractivity contribution in [3.8, 4) is 45.0 Å². The third kappa shape index (κ3) is 21.6. The molecule has 0 aliphatic carbocycles. The van der Waals surface area contributed by atoms with Gasteiger partial charge in [-0.05, 0) is 129 Å². The summed E-state index contributed by atoms with van der Waals surface area (Å²) >= 11 is 0. The molecule has 4 aromatic heterocycles. The maximum absolute atomic E-state index is 14.4. The Morgan fingerprint density at radius 1 is 0.323 bits per heavy atom. The van der Waals surface area contributed by atoms with E-state index in [0.717, 1.165) is 62.2 Å². The largest absolute Gasteiger partial charge is 0.383 e. The van der Waals surface area contributed by atoms with Crippen molar-refractivity contribution in [2.75, 3.05) is 70.1 Å². The number of hydrogen-bond donors (Lipinski definition) is 11. The lowest BCUT2D eigenvalue weighted by Gasteiger charge is -2.27. The molecule has 130 heavy (non-hydrogen) atoms. The van der Waals surface area contributed by atoms with Gasteiger partial charge in [0.05, 0.1) is 56.2 Å². The molecule has 4 fully saturated rings. The Labute approximate surface area is 747 Å². The van der Waals surface area contributed by atoms with Crippen LogP contribution in [0.15, 0.2) is 194 Å². The Morgan fingerprint density at radius 3 is 0.785 bits per heavy atom. The number of rotatable bonds is 24. The van der Waals surface area contributed by atoms with Gasteiger partial charge < -0.3 is 80.4 Å². The van der Waals surface area contributed by atoms with Crippen LogP contribution in [0.4, 0.5) is 30.6 Å². The van der Waals surface area contributed by atoms with E-state index in [-0.39, 0.29) is 83.6 Å². The number of amides is 8. The van der Waals surface area contributed by atoms with Gasteiger partial charge in [0.15, 0.2) is 0 Å². The topological polar surface area (TPSA) is 475 Å². The molecular weight excluding hydrogens is 1670 g/mol. The van der Waals surface area contributed by atoms with Gasteiger partial charge in [-0.2, -0.15) is 20.4 Å². The van der Waals surface area contributed by atoms with Gasteiger partial charge >= 0.3 is 0 Å². The Morgan fingerprint density at radius 2 is 0.554 bits per heavy atom. The molecule has 12 aromatic rings. The third-order valence-corrected chi connectivity index (χ3v) is 23.2. The number of nitrogens with zero attached hydrogens (tertiary/aromatic N) is 8. The van der Waals surface area contributed by atoms with E-state index in [0.29, 0.717) is 146 Å². The van der Waals surface area contributed by atoms with Crippen LogP contribution in [0.25, 0.3) is 45.0 Å². The van der Waals surface area contributed by atoms with E-state index in [9.17, 15) is 51.5 Å². The first kappa shape index (κ1) is 93.0. The van der Waals surface area contributed by atoms with Crippen LogP contribution < -0.4 is 61.4 Å².